The lowest BCUT2D eigenvalue weighted by Gasteiger charge is -2.30. The van der Waals surface area contributed by atoms with E-state index in [0.29, 0.717) is 0 Å². The van der Waals surface area contributed by atoms with Crippen molar-refractivity contribution in [3.8, 4) is 5.75 Å². The molecule has 1 fully saturated rings. The third-order valence-electron chi connectivity index (χ3n) is 3.51. The Labute approximate surface area is 109 Å². The van der Waals surface area contributed by atoms with Gasteiger partial charge >= 0.3 is 0 Å². The number of benzene rings is 1. The van der Waals surface area contributed by atoms with Gasteiger partial charge in [-0.1, -0.05) is 0 Å². The average molecular weight is 270 g/mol. The molecule has 19 heavy (non-hydrogen) atoms. The fourth-order valence-corrected chi connectivity index (χ4v) is 2.15. The van der Waals surface area contributed by atoms with Gasteiger partial charge in [-0.2, -0.15) is 0 Å². The summed E-state index contributed by atoms with van der Waals surface area (Å²) in [4.78, 5) is 11.6. The Morgan fingerprint density at radius 2 is 2.21 bits per heavy atom. The molecular weight excluding hydrogens is 254 g/mol. The highest BCUT2D eigenvalue weighted by Gasteiger charge is 2.49. The van der Waals surface area contributed by atoms with Crippen molar-refractivity contribution in [2.75, 3.05) is 13.7 Å². The van der Waals surface area contributed by atoms with Crippen molar-refractivity contribution >= 4 is 5.91 Å². The summed E-state index contributed by atoms with van der Waals surface area (Å²) >= 11 is 0. The van der Waals surface area contributed by atoms with Crippen LogP contribution in [-0.4, -0.2) is 25.1 Å². The molecule has 2 rings (SSSR count). The molecule has 6 heteroatoms. The van der Waals surface area contributed by atoms with Gasteiger partial charge in [0.05, 0.1) is 0 Å². The van der Waals surface area contributed by atoms with Crippen LogP contribution in [0.4, 0.5) is 8.78 Å². The van der Waals surface area contributed by atoms with E-state index in [1.54, 1.807) is 7.05 Å². The number of nitrogens with two attached hydrogens (primary N) is 1. The van der Waals surface area contributed by atoms with Crippen molar-refractivity contribution in [1.29, 1.82) is 0 Å². The fourth-order valence-electron chi connectivity index (χ4n) is 2.15. The van der Waals surface area contributed by atoms with E-state index in [1.165, 1.54) is 0 Å². The van der Waals surface area contributed by atoms with E-state index < -0.39 is 23.1 Å². The van der Waals surface area contributed by atoms with Crippen molar-refractivity contribution < 1.29 is 18.3 Å². The van der Waals surface area contributed by atoms with Gasteiger partial charge in [-0.05, 0) is 37.9 Å². The lowest BCUT2D eigenvalue weighted by Crippen LogP contribution is -2.59. The van der Waals surface area contributed by atoms with Crippen LogP contribution in [0, 0.1) is 17.6 Å². The van der Waals surface area contributed by atoms with Gasteiger partial charge in [0, 0.05) is 6.07 Å². The molecule has 4 nitrogen and oxygen atoms in total. The second kappa shape index (κ2) is 5.13. The molecule has 0 radical (unpaired) electrons. The van der Waals surface area contributed by atoms with Crippen molar-refractivity contribution in [1.82, 2.24) is 5.32 Å². The molecule has 0 heterocycles. The molecule has 104 valence electrons. The monoisotopic (exact) mass is 270 g/mol. The molecule has 1 unspecified atom stereocenters. The number of ether oxygens (including phenoxy) is 1. The molecule has 0 saturated heterocycles. The number of carbonyl (C=O) groups excluding carboxylic acids is 1. The largest absolute Gasteiger partial charge is 0.488 e. The first kappa shape index (κ1) is 13.7. The number of hydrogen-bond acceptors (Lipinski definition) is 3. The summed E-state index contributed by atoms with van der Waals surface area (Å²) in [5, 5.41) is 2.87. The van der Waals surface area contributed by atoms with Gasteiger partial charge in [-0.25, -0.2) is 8.78 Å². The molecular formula is C13H16F2N2O2. The van der Waals surface area contributed by atoms with E-state index in [4.69, 9.17) is 10.5 Å². The fraction of sp³-hybridized carbons (Fsp3) is 0.462. The van der Waals surface area contributed by atoms with Crippen LogP contribution in [0.2, 0.25) is 0 Å². The summed E-state index contributed by atoms with van der Waals surface area (Å²) in [5.41, 5.74) is 4.38. The zero-order chi connectivity index (χ0) is 14.0. The van der Waals surface area contributed by atoms with E-state index in [1.807, 2.05) is 0 Å². The van der Waals surface area contributed by atoms with Gasteiger partial charge in [0.2, 0.25) is 5.91 Å². The maximum atomic E-state index is 13.4. The van der Waals surface area contributed by atoms with E-state index in [2.05, 4.69) is 5.32 Å². The maximum absolute atomic E-state index is 13.4. The van der Waals surface area contributed by atoms with Gasteiger partial charge in [0.15, 0.2) is 11.6 Å². The van der Waals surface area contributed by atoms with Gasteiger partial charge in [-0.3, -0.25) is 4.79 Å². The third-order valence-corrected chi connectivity index (χ3v) is 3.51. The predicted octanol–water partition coefficient (Wildman–Crippen LogP) is 1.20. The number of carbonyl (C=O) groups is 1. The van der Waals surface area contributed by atoms with Crippen molar-refractivity contribution in [2.24, 2.45) is 11.7 Å². The predicted molar refractivity (Wildman–Crippen MR) is 65.6 cm³/mol. The first-order valence-electron chi connectivity index (χ1n) is 6.06. The Kier molecular flexibility index (Phi) is 3.71. The van der Waals surface area contributed by atoms with Crippen LogP contribution >= 0.6 is 0 Å². The molecule has 0 bridgehead atoms. The molecule has 1 saturated carbocycles. The summed E-state index contributed by atoms with van der Waals surface area (Å²) in [6, 6.07) is 2.93. The van der Waals surface area contributed by atoms with Crippen LogP contribution in [0.15, 0.2) is 18.2 Å². The van der Waals surface area contributed by atoms with Crippen LogP contribution < -0.4 is 15.8 Å². The highest BCUT2D eigenvalue weighted by Crippen LogP contribution is 2.40. The van der Waals surface area contributed by atoms with Crippen LogP contribution in [0.5, 0.6) is 5.75 Å². The molecule has 1 aliphatic carbocycles. The number of rotatable bonds is 6. The standard InChI is InChI=1S/C13H16F2N2O2/c1-17-13(12(16)18,8-2-3-8)7-19-11-6-9(14)4-5-10(11)15/h4-6,8,17H,2-3,7H2,1H3,(H2,16,18). The van der Waals surface area contributed by atoms with E-state index in [-0.39, 0.29) is 18.3 Å². The second-order valence-electron chi connectivity index (χ2n) is 4.72. The summed E-state index contributed by atoms with van der Waals surface area (Å²) in [6.07, 6.45) is 1.72. The Morgan fingerprint density at radius 3 is 2.74 bits per heavy atom. The molecule has 0 aromatic heterocycles. The van der Waals surface area contributed by atoms with E-state index in [0.717, 1.165) is 31.0 Å². The number of amides is 1. The van der Waals surface area contributed by atoms with Gasteiger partial charge in [0.1, 0.15) is 18.0 Å². The minimum absolute atomic E-state index is 0.0756. The van der Waals surface area contributed by atoms with E-state index >= 15 is 0 Å². The molecule has 1 aromatic carbocycles. The topological polar surface area (TPSA) is 64.3 Å². The van der Waals surface area contributed by atoms with Crippen LogP contribution in [0.1, 0.15) is 12.8 Å². The van der Waals surface area contributed by atoms with Crippen molar-refractivity contribution in [3.63, 3.8) is 0 Å². The second-order valence-corrected chi connectivity index (χ2v) is 4.72. The lowest BCUT2D eigenvalue weighted by atomic mass is 9.93. The first-order chi connectivity index (χ1) is 8.99. The number of nitrogens with one attached hydrogen (secondary N) is 1. The van der Waals surface area contributed by atoms with E-state index in [9.17, 15) is 13.6 Å². The van der Waals surface area contributed by atoms with Gasteiger partial charge in [-0.15, -0.1) is 0 Å². The Bertz CT molecular complexity index is 492. The minimum Gasteiger partial charge on any atom is -0.488 e. The number of primary amides is 1. The van der Waals surface area contributed by atoms with Crippen molar-refractivity contribution in [3.05, 3.63) is 29.8 Å². The average Bonchev–Trinajstić information content (AvgIpc) is 3.19. The number of likely N-dealkylation sites (N-methyl/N-ethyl adjacent to an activating group) is 1. The Morgan fingerprint density at radius 1 is 1.53 bits per heavy atom. The SMILES string of the molecule is CNC(COc1cc(F)ccc1F)(C(N)=O)C1CC1. The maximum Gasteiger partial charge on any atom is 0.241 e. The molecule has 1 aliphatic rings. The van der Waals surface area contributed by atoms with Crippen LogP contribution in [-0.2, 0) is 4.79 Å². The summed E-state index contributed by atoms with van der Waals surface area (Å²) in [7, 11) is 1.61. The molecule has 1 atom stereocenters. The van der Waals surface area contributed by atoms with Crippen molar-refractivity contribution in [2.45, 2.75) is 18.4 Å². The van der Waals surface area contributed by atoms with Crippen LogP contribution in [0.25, 0.3) is 0 Å². The molecule has 0 spiro atoms. The molecule has 3 N–H and O–H groups in total. The first-order valence-corrected chi connectivity index (χ1v) is 6.06. The number of hydrogen-bond donors (Lipinski definition) is 2. The lowest BCUT2D eigenvalue weighted by molar-refractivity contribution is -0.126. The third kappa shape index (κ3) is 2.68. The number of halogens is 2. The van der Waals surface area contributed by atoms with Gasteiger partial charge < -0.3 is 15.8 Å². The molecule has 1 amide bonds. The summed E-state index contributed by atoms with van der Waals surface area (Å²) < 4.78 is 31.7. The van der Waals surface area contributed by atoms with Crippen LogP contribution in [0.3, 0.4) is 0 Å². The summed E-state index contributed by atoms with van der Waals surface area (Å²) in [6.45, 7) is -0.121. The zero-order valence-electron chi connectivity index (χ0n) is 10.6. The highest BCUT2D eigenvalue weighted by atomic mass is 19.1. The smallest absolute Gasteiger partial charge is 0.241 e. The molecule has 1 aromatic rings. The normalized spacial score (nSPS) is 17.8. The Hall–Kier alpha value is -1.69. The Balaban J connectivity index is 2.15. The quantitative estimate of drug-likeness (QED) is 0.816. The van der Waals surface area contributed by atoms with Gasteiger partial charge in [0.25, 0.3) is 0 Å². The minimum atomic E-state index is -1.03. The zero-order valence-corrected chi connectivity index (χ0v) is 10.6. The highest BCUT2D eigenvalue weighted by molar-refractivity contribution is 5.85. The molecule has 0 aliphatic heterocycles. The summed E-state index contributed by atoms with van der Waals surface area (Å²) in [5.74, 6) is -1.97.